The third kappa shape index (κ3) is 4.37. The van der Waals surface area contributed by atoms with Crippen LogP contribution in [0, 0.1) is 0 Å². The van der Waals surface area contributed by atoms with Gasteiger partial charge in [-0.05, 0) is 24.1 Å². The number of hydrogen-bond donors (Lipinski definition) is 7. The number of phenolic OH excluding ortho intramolecular Hbond substituents is 1. The molecule has 0 aromatic heterocycles. The molecule has 10 heteroatoms. The molecular formula is C15H21NO9. The second-order valence-electron chi connectivity index (χ2n) is 5.77. The molecule has 1 aromatic carbocycles. The number of carboxylic acids is 1. The highest BCUT2D eigenvalue weighted by molar-refractivity contribution is 5.73. The van der Waals surface area contributed by atoms with Crippen LogP contribution in [0.5, 0.6) is 11.5 Å². The van der Waals surface area contributed by atoms with Crippen LogP contribution in [0.2, 0.25) is 0 Å². The number of carbonyl (C=O) groups is 1. The van der Waals surface area contributed by atoms with Crippen molar-refractivity contribution in [3.05, 3.63) is 23.8 Å². The number of aliphatic hydroxyl groups is 4. The van der Waals surface area contributed by atoms with Crippen LogP contribution < -0.4 is 10.5 Å². The van der Waals surface area contributed by atoms with Gasteiger partial charge in [-0.3, -0.25) is 4.79 Å². The van der Waals surface area contributed by atoms with Crippen molar-refractivity contribution >= 4 is 5.97 Å². The number of rotatable bonds is 6. The molecule has 0 spiro atoms. The summed E-state index contributed by atoms with van der Waals surface area (Å²) in [6, 6.07) is 2.92. The van der Waals surface area contributed by atoms with E-state index in [0.717, 1.165) is 0 Å². The fourth-order valence-corrected chi connectivity index (χ4v) is 2.42. The Morgan fingerprint density at radius 2 is 1.92 bits per heavy atom. The van der Waals surface area contributed by atoms with Gasteiger partial charge < -0.3 is 45.8 Å². The Morgan fingerprint density at radius 1 is 1.24 bits per heavy atom. The number of hydrogen-bond acceptors (Lipinski definition) is 9. The zero-order valence-electron chi connectivity index (χ0n) is 13.1. The van der Waals surface area contributed by atoms with Gasteiger partial charge in [0.25, 0.3) is 0 Å². The second-order valence-corrected chi connectivity index (χ2v) is 5.77. The van der Waals surface area contributed by atoms with Gasteiger partial charge in [0.2, 0.25) is 6.29 Å². The van der Waals surface area contributed by atoms with Crippen molar-refractivity contribution in [2.24, 2.45) is 5.73 Å². The largest absolute Gasteiger partial charge is 0.504 e. The Morgan fingerprint density at radius 3 is 2.48 bits per heavy atom. The first-order valence-corrected chi connectivity index (χ1v) is 7.52. The van der Waals surface area contributed by atoms with Crippen LogP contribution in [-0.4, -0.2) is 80.0 Å². The van der Waals surface area contributed by atoms with Gasteiger partial charge in [0, 0.05) is 0 Å². The van der Waals surface area contributed by atoms with E-state index >= 15 is 0 Å². The van der Waals surface area contributed by atoms with Crippen molar-refractivity contribution in [2.45, 2.75) is 43.2 Å². The minimum Gasteiger partial charge on any atom is -0.504 e. The lowest BCUT2D eigenvalue weighted by Crippen LogP contribution is -2.60. The van der Waals surface area contributed by atoms with Crippen molar-refractivity contribution in [1.82, 2.24) is 0 Å². The molecule has 140 valence electrons. The standard InChI is InChI=1S/C15H21NO9/c16-7(14(22)23)3-6-1-2-9(8(18)4-6)24-15-13(21)12(20)11(19)10(5-17)25-15/h1-2,4,7,10-13,15,17-21H,3,5,16H2,(H,22,23)/t7?,10-,11-,12+,13-,15+/m1/s1. The van der Waals surface area contributed by atoms with Crippen molar-refractivity contribution in [3.8, 4) is 11.5 Å². The van der Waals surface area contributed by atoms with E-state index < -0.39 is 49.3 Å². The summed E-state index contributed by atoms with van der Waals surface area (Å²) in [5.74, 6) is -1.63. The Hall–Kier alpha value is -1.95. The molecule has 25 heavy (non-hydrogen) atoms. The number of ether oxygens (including phenoxy) is 2. The monoisotopic (exact) mass is 359 g/mol. The molecule has 1 saturated heterocycles. The number of nitrogens with two attached hydrogens (primary N) is 1. The molecule has 1 aliphatic rings. The van der Waals surface area contributed by atoms with Gasteiger partial charge in [-0.15, -0.1) is 0 Å². The van der Waals surface area contributed by atoms with E-state index in [4.69, 9.17) is 25.4 Å². The topological polar surface area (TPSA) is 183 Å². The molecule has 1 aliphatic heterocycles. The summed E-state index contributed by atoms with van der Waals surface area (Å²) in [5, 5.41) is 57.2. The highest BCUT2D eigenvalue weighted by atomic mass is 16.7. The van der Waals surface area contributed by atoms with Gasteiger partial charge in [-0.1, -0.05) is 6.07 Å². The average molecular weight is 359 g/mol. The van der Waals surface area contributed by atoms with Crippen molar-refractivity contribution < 1.29 is 44.9 Å². The zero-order chi connectivity index (χ0) is 18.7. The number of aliphatic hydroxyl groups excluding tert-OH is 4. The number of aromatic hydroxyl groups is 1. The highest BCUT2D eigenvalue weighted by Gasteiger charge is 2.44. The summed E-state index contributed by atoms with van der Waals surface area (Å²) in [7, 11) is 0. The SMILES string of the molecule is NC(Cc1ccc(O[C@H]2O[C@H](CO)[C@@H](O)[C@H](O)[C@H]2O)c(O)c1)C(=O)O. The van der Waals surface area contributed by atoms with E-state index in [0.29, 0.717) is 5.56 Å². The van der Waals surface area contributed by atoms with Gasteiger partial charge in [-0.2, -0.15) is 0 Å². The molecule has 0 aliphatic carbocycles. The quantitative estimate of drug-likeness (QED) is 0.287. The summed E-state index contributed by atoms with van der Waals surface area (Å²) in [6.45, 7) is -0.608. The molecule has 0 radical (unpaired) electrons. The van der Waals surface area contributed by atoms with E-state index in [9.17, 15) is 25.2 Å². The molecule has 0 amide bonds. The highest BCUT2D eigenvalue weighted by Crippen LogP contribution is 2.31. The summed E-state index contributed by atoms with van der Waals surface area (Å²) in [6.07, 6.45) is -7.33. The Kier molecular flexibility index (Phi) is 6.16. The Bertz CT molecular complexity index is 609. The maximum Gasteiger partial charge on any atom is 0.320 e. The Labute approximate surface area is 142 Å². The van der Waals surface area contributed by atoms with Crippen LogP contribution in [0.4, 0.5) is 0 Å². The number of aliphatic carboxylic acids is 1. The number of carboxylic acid groups (broad SMARTS) is 1. The molecule has 0 saturated carbocycles. The molecule has 10 nitrogen and oxygen atoms in total. The summed E-state index contributed by atoms with van der Waals surface area (Å²) in [4.78, 5) is 10.7. The predicted molar refractivity (Wildman–Crippen MR) is 81.8 cm³/mol. The van der Waals surface area contributed by atoms with Crippen LogP contribution >= 0.6 is 0 Å². The predicted octanol–water partition coefficient (Wildman–Crippen LogP) is -2.47. The van der Waals surface area contributed by atoms with Crippen molar-refractivity contribution in [2.75, 3.05) is 6.61 Å². The number of benzene rings is 1. The van der Waals surface area contributed by atoms with Crippen LogP contribution in [0.1, 0.15) is 5.56 Å². The molecule has 1 unspecified atom stereocenters. The molecule has 1 aromatic rings. The lowest BCUT2D eigenvalue weighted by atomic mass is 9.99. The lowest BCUT2D eigenvalue weighted by Gasteiger charge is -2.39. The van der Waals surface area contributed by atoms with Crippen LogP contribution in [-0.2, 0) is 16.0 Å². The first-order chi connectivity index (χ1) is 11.7. The van der Waals surface area contributed by atoms with Gasteiger partial charge in [-0.25, -0.2) is 0 Å². The van der Waals surface area contributed by atoms with Gasteiger partial charge in [0.15, 0.2) is 11.5 Å². The molecule has 1 fully saturated rings. The first kappa shape index (κ1) is 19.4. The van der Waals surface area contributed by atoms with Crippen molar-refractivity contribution in [1.29, 1.82) is 0 Å². The van der Waals surface area contributed by atoms with Crippen LogP contribution in [0.25, 0.3) is 0 Å². The van der Waals surface area contributed by atoms with E-state index in [2.05, 4.69) is 0 Å². The lowest BCUT2D eigenvalue weighted by molar-refractivity contribution is -0.277. The summed E-state index contributed by atoms with van der Waals surface area (Å²) in [5.41, 5.74) is 5.87. The maximum absolute atomic E-state index is 10.7. The van der Waals surface area contributed by atoms with E-state index in [1.165, 1.54) is 18.2 Å². The van der Waals surface area contributed by atoms with Gasteiger partial charge in [0.05, 0.1) is 6.61 Å². The summed E-state index contributed by atoms with van der Waals surface area (Å²) >= 11 is 0. The maximum atomic E-state index is 10.7. The molecule has 0 bridgehead atoms. The minimum absolute atomic E-state index is 0.0107. The fourth-order valence-electron chi connectivity index (χ4n) is 2.42. The average Bonchev–Trinajstić information content (AvgIpc) is 2.57. The fraction of sp³-hybridized carbons (Fsp3) is 0.533. The number of phenols is 1. The van der Waals surface area contributed by atoms with E-state index in [1.807, 2.05) is 0 Å². The first-order valence-electron chi connectivity index (χ1n) is 7.52. The molecular weight excluding hydrogens is 338 g/mol. The van der Waals surface area contributed by atoms with Crippen LogP contribution in [0.15, 0.2) is 18.2 Å². The van der Waals surface area contributed by atoms with Gasteiger partial charge in [0.1, 0.15) is 30.5 Å². The zero-order valence-corrected chi connectivity index (χ0v) is 13.1. The third-order valence-electron chi connectivity index (χ3n) is 3.89. The smallest absolute Gasteiger partial charge is 0.320 e. The molecule has 1 heterocycles. The normalized spacial score (nSPS) is 30.7. The van der Waals surface area contributed by atoms with Gasteiger partial charge >= 0.3 is 5.97 Å². The molecule has 2 rings (SSSR count). The van der Waals surface area contributed by atoms with Crippen molar-refractivity contribution in [3.63, 3.8) is 0 Å². The van der Waals surface area contributed by atoms with E-state index in [1.54, 1.807) is 0 Å². The molecule has 6 atom stereocenters. The molecule has 8 N–H and O–H groups in total. The third-order valence-corrected chi connectivity index (χ3v) is 3.89. The van der Waals surface area contributed by atoms with E-state index in [-0.39, 0.29) is 17.9 Å². The van der Waals surface area contributed by atoms with Crippen LogP contribution in [0.3, 0.4) is 0 Å². The Balaban J connectivity index is 2.10. The second kappa shape index (κ2) is 7.95. The summed E-state index contributed by atoms with van der Waals surface area (Å²) < 4.78 is 10.5. The minimum atomic E-state index is -1.61.